The van der Waals surface area contributed by atoms with Crippen molar-refractivity contribution in [2.24, 2.45) is 11.5 Å². The van der Waals surface area contributed by atoms with Crippen LogP contribution in [0.2, 0.25) is 0 Å². The zero-order valence-electron chi connectivity index (χ0n) is 9.67. The Morgan fingerprint density at radius 2 is 1.88 bits per heavy atom. The van der Waals surface area contributed by atoms with E-state index in [2.05, 4.69) is 0 Å². The van der Waals surface area contributed by atoms with Crippen LogP contribution in [-0.4, -0.2) is 31.8 Å². The molecular weight excluding hydrogens is 220 g/mol. The molecule has 0 radical (unpaired) electrons. The topological polar surface area (TPSA) is 87.6 Å². The van der Waals surface area contributed by atoms with Gasteiger partial charge in [-0.15, -0.1) is 0 Å². The summed E-state index contributed by atoms with van der Waals surface area (Å²) in [6.07, 6.45) is 0.431. The molecule has 0 aliphatic carbocycles. The van der Waals surface area contributed by atoms with Gasteiger partial charge >= 0.3 is 0 Å². The first-order chi connectivity index (χ1) is 8.20. The molecule has 1 atom stereocenters. The smallest absolute Gasteiger partial charge is 0.234 e. The molecule has 94 valence electrons. The van der Waals surface area contributed by atoms with Crippen LogP contribution in [-0.2, 0) is 9.53 Å². The Bertz CT molecular complexity index is 330. The second-order valence-electron chi connectivity index (χ2n) is 3.57. The average Bonchev–Trinajstić information content (AvgIpc) is 2.34. The van der Waals surface area contributed by atoms with Crippen LogP contribution >= 0.6 is 0 Å². The Hall–Kier alpha value is -1.59. The van der Waals surface area contributed by atoms with E-state index in [0.717, 1.165) is 5.75 Å². The van der Waals surface area contributed by atoms with Crippen molar-refractivity contribution < 1.29 is 14.3 Å². The summed E-state index contributed by atoms with van der Waals surface area (Å²) >= 11 is 0. The number of hydrogen-bond donors (Lipinski definition) is 2. The molecule has 1 aromatic carbocycles. The fourth-order valence-corrected chi connectivity index (χ4v) is 1.19. The maximum absolute atomic E-state index is 10.6. The number of primary amides is 1. The van der Waals surface area contributed by atoms with Gasteiger partial charge in [-0.25, -0.2) is 0 Å². The van der Waals surface area contributed by atoms with Crippen molar-refractivity contribution in [3.8, 4) is 5.75 Å². The molecule has 4 N–H and O–H groups in total. The van der Waals surface area contributed by atoms with E-state index in [4.69, 9.17) is 20.9 Å². The highest BCUT2D eigenvalue weighted by molar-refractivity contribution is 5.79. The molecule has 5 nitrogen and oxygen atoms in total. The van der Waals surface area contributed by atoms with Gasteiger partial charge in [-0.05, 0) is 18.6 Å². The van der Waals surface area contributed by atoms with Crippen LogP contribution in [0.15, 0.2) is 30.3 Å². The average molecular weight is 238 g/mol. The third-order valence-corrected chi connectivity index (χ3v) is 2.18. The first-order valence-corrected chi connectivity index (χ1v) is 5.50. The quantitative estimate of drug-likeness (QED) is 0.637. The van der Waals surface area contributed by atoms with E-state index in [0.29, 0.717) is 26.2 Å². The van der Waals surface area contributed by atoms with Gasteiger partial charge in [0, 0.05) is 6.61 Å². The largest absolute Gasteiger partial charge is 0.491 e. The summed E-state index contributed by atoms with van der Waals surface area (Å²) in [5.74, 6) is 0.305. The highest BCUT2D eigenvalue weighted by Crippen LogP contribution is 2.07. The van der Waals surface area contributed by atoms with Crippen LogP contribution in [0.1, 0.15) is 6.42 Å². The van der Waals surface area contributed by atoms with Crippen LogP contribution in [0.5, 0.6) is 5.75 Å². The number of benzene rings is 1. The summed E-state index contributed by atoms with van der Waals surface area (Å²) in [5.41, 5.74) is 10.4. The lowest BCUT2D eigenvalue weighted by molar-refractivity contribution is -0.119. The summed E-state index contributed by atoms with van der Waals surface area (Å²) in [4.78, 5) is 10.6. The second kappa shape index (κ2) is 7.65. The van der Waals surface area contributed by atoms with Gasteiger partial charge in [0.2, 0.25) is 5.91 Å². The van der Waals surface area contributed by atoms with Crippen LogP contribution in [0.3, 0.4) is 0 Å². The first kappa shape index (κ1) is 13.5. The van der Waals surface area contributed by atoms with Crippen LogP contribution in [0.25, 0.3) is 0 Å². The van der Waals surface area contributed by atoms with Crippen molar-refractivity contribution in [3.63, 3.8) is 0 Å². The van der Waals surface area contributed by atoms with E-state index in [-0.39, 0.29) is 0 Å². The Morgan fingerprint density at radius 1 is 1.18 bits per heavy atom. The van der Waals surface area contributed by atoms with Gasteiger partial charge in [0.1, 0.15) is 12.4 Å². The molecule has 0 saturated carbocycles. The van der Waals surface area contributed by atoms with Crippen molar-refractivity contribution in [2.75, 3.05) is 19.8 Å². The Morgan fingerprint density at radius 3 is 2.53 bits per heavy atom. The van der Waals surface area contributed by atoms with Crippen molar-refractivity contribution in [2.45, 2.75) is 12.5 Å². The summed E-state index contributed by atoms with van der Waals surface area (Å²) in [5, 5.41) is 0. The SMILES string of the molecule is NC(=O)C(N)CCOCCOc1ccccc1. The maximum Gasteiger partial charge on any atom is 0.234 e. The van der Waals surface area contributed by atoms with Gasteiger partial charge in [-0.3, -0.25) is 4.79 Å². The predicted molar refractivity (Wildman–Crippen MR) is 64.5 cm³/mol. The molecule has 0 bridgehead atoms. The summed E-state index contributed by atoms with van der Waals surface area (Å²) in [6.45, 7) is 1.33. The lowest BCUT2D eigenvalue weighted by atomic mass is 10.2. The van der Waals surface area contributed by atoms with Gasteiger partial charge in [0.25, 0.3) is 0 Å². The Balaban J connectivity index is 2.00. The van der Waals surface area contributed by atoms with Crippen molar-refractivity contribution in [1.29, 1.82) is 0 Å². The van der Waals surface area contributed by atoms with E-state index in [9.17, 15) is 4.79 Å². The van der Waals surface area contributed by atoms with Crippen molar-refractivity contribution in [1.82, 2.24) is 0 Å². The number of ether oxygens (including phenoxy) is 2. The minimum absolute atomic E-state index is 0.405. The lowest BCUT2D eigenvalue weighted by Gasteiger charge is -2.09. The molecule has 0 aliphatic heterocycles. The fourth-order valence-electron chi connectivity index (χ4n) is 1.19. The molecule has 0 spiro atoms. The third kappa shape index (κ3) is 5.89. The summed E-state index contributed by atoms with van der Waals surface area (Å²) in [6, 6.07) is 8.86. The minimum atomic E-state index is -0.634. The Kier molecular flexibility index (Phi) is 6.06. The molecule has 0 aliphatic rings. The van der Waals surface area contributed by atoms with Gasteiger partial charge in [-0.1, -0.05) is 18.2 Å². The lowest BCUT2D eigenvalue weighted by Crippen LogP contribution is -2.37. The number of carbonyl (C=O) groups is 1. The van der Waals surface area contributed by atoms with E-state index in [1.54, 1.807) is 0 Å². The predicted octanol–water partition coefficient (Wildman–Crippen LogP) is 0.285. The van der Waals surface area contributed by atoms with Gasteiger partial charge in [-0.2, -0.15) is 0 Å². The molecule has 0 heterocycles. The van der Waals surface area contributed by atoms with Crippen molar-refractivity contribution >= 4 is 5.91 Å². The van der Waals surface area contributed by atoms with E-state index >= 15 is 0 Å². The summed E-state index contributed by atoms with van der Waals surface area (Å²) < 4.78 is 10.7. The first-order valence-electron chi connectivity index (χ1n) is 5.50. The molecule has 5 heteroatoms. The number of amides is 1. The van der Waals surface area contributed by atoms with E-state index < -0.39 is 11.9 Å². The molecule has 17 heavy (non-hydrogen) atoms. The highest BCUT2D eigenvalue weighted by Gasteiger charge is 2.07. The number of rotatable bonds is 8. The number of para-hydroxylation sites is 1. The zero-order valence-corrected chi connectivity index (χ0v) is 9.67. The highest BCUT2D eigenvalue weighted by atomic mass is 16.5. The normalized spacial score (nSPS) is 12.1. The number of hydrogen-bond acceptors (Lipinski definition) is 4. The van der Waals surface area contributed by atoms with E-state index in [1.165, 1.54) is 0 Å². The fraction of sp³-hybridized carbons (Fsp3) is 0.417. The zero-order chi connectivity index (χ0) is 12.5. The molecule has 1 unspecified atom stereocenters. The molecule has 1 rings (SSSR count). The number of nitrogens with two attached hydrogens (primary N) is 2. The molecule has 1 aromatic rings. The molecular formula is C12H18N2O3. The molecule has 1 amide bonds. The molecule has 0 fully saturated rings. The molecule has 0 saturated heterocycles. The standard InChI is InChI=1S/C12H18N2O3/c13-11(12(14)15)6-7-16-8-9-17-10-4-2-1-3-5-10/h1-5,11H,6-9,13H2,(H2,14,15). The Labute approximate surface area is 101 Å². The van der Waals surface area contributed by atoms with Crippen molar-refractivity contribution in [3.05, 3.63) is 30.3 Å². The van der Waals surface area contributed by atoms with E-state index in [1.807, 2.05) is 30.3 Å². The monoisotopic (exact) mass is 238 g/mol. The maximum atomic E-state index is 10.6. The molecule has 0 aromatic heterocycles. The third-order valence-electron chi connectivity index (χ3n) is 2.18. The van der Waals surface area contributed by atoms with Gasteiger partial charge in [0.15, 0.2) is 0 Å². The van der Waals surface area contributed by atoms with Crippen LogP contribution < -0.4 is 16.2 Å². The van der Waals surface area contributed by atoms with Gasteiger partial charge < -0.3 is 20.9 Å². The van der Waals surface area contributed by atoms with Crippen LogP contribution in [0.4, 0.5) is 0 Å². The van der Waals surface area contributed by atoms with Crippen LogP contribution in [0, 0.1) is 0 Å². The second-order valence-corrected chi connectivity index (χ2v) is 3.57. The minimum Gasteiger partial charge on any atom is -0.491 e. The number of carbonyl (C=O) groups excluding carboxylic acids is 1. The van der Waals surface area contributed by atoms with Gasteiger partial charge in [0.05, 0.1) is 12.6 Å². The summed E-state index contributed by atoms with van der Waals surface area (Å²) in [7, 11) is 0.